The first-order chi connectivity index (χ1) is 9.09. The van der Waals surface area contributed by atoms with Crippen molar-refractivity contribution >= 4 is 10.0 Å². The average molecular weight is 283 g/mol. The fourth-order valence-corrected chi connectivity index (χ4v) is 4.02. The maximum absolute atomic E-state index is 12.6. The number of sulfonamides is 1. The van der Waals surface area contributed by atoms with Crippen molar-refractivity contribution in [3.63, 3.8) is 0 Å². The van der Waals surface area contributed by atoms with Gasteiger partial charge in [0.1, 0.15) is 4.90 Å². The fourth-order valence-electron chi connectivity index (χ4n) is 2.31. The smallest absolute Gasteiger partial charge is 0.244 e. The first-order valence-corrected chi connectivity index (χ1v) is 8.17. The minimum absolute atomic E-state index is 0.135. The number of aromatic nitrogens is 1. The van der Waals surface area contributed by atoms with Crippen LogP contribution in [0.1, 0.15) is 31.9 Å². The largest absolute Gasteiger partial charge is 0.325 e. The Labute approximate surface area is 114 Å². The Morgan fingerprint density at radius 2 is 2.21 bits per heavy atom. The van der Waals surface area contributed by atoms with Crippen LogP contribution in [0.3, 0.4) is 0 Å². The summed E-state index contributed by atoms with van der Waals surface area (Å²) in [7, 11) is -3.47. The number of nitrogens with zero attached hydrogens (tertiary/aromatic N) is 2. The van der Waals surface area contributed by atoms with Crippen molar-refractivity contribution in [3.05, 3.63) is 24.0 Å². The molecule has 0 atom stereocenters. The number of rotatable bonds is 6. The second-order valence-electron chi connectivity index (χ2n) is 4.90. The molecule has 1 fully saturated rings. The highest BCUT2D eigenvalue weighted by atomic mass is 32.2. The van der Waals surface area contributed by atoms with Gasteiger partial charge in [-0.2, -0.15) is 4.31 Å². The lowest BCUT2D eigenvalue weighted by Gasteiger charge is -2.31. The maximum atomic E-state index is 12.6. The summed E-state index contributed by atoms with van der Waals surface area (Å²) in [6, 6.07) is 3.23. The zero-order chi connectivity index (χ0) is 13.9. The lowest BCUT2D eigenvalue weighted by molar-refractivity contribution is 0.250. The van der Waals surface area contributed by atoms with Crippen LogP contribution in [0.5, 0.6) is 0 Å². The van der Waals surface area contributed by atoms with Crippen LogP contribution in [0, 0.1) is 5.92 Å². The molecule has 1 aliphatic carbocycles. The lowest BCUT2D eigenvalue weighted by atomic mass is 9.85. The molecule has 2 rings (SSSR count). The Morgan fingerprint density at radius 3 is 2.74 bits per heavy atom. The van der Waals surface area contributed by atoms with Gasteiger partial charge in [0.2, 0.25) is 10.0 Å². The molecule has 1 aromatic rings. The van der Waals surface area contributed by atoms with Crippen LogP contribution in [-0.4, -0.2) is 30.8 Å². The Bertz CT molecular complexity index is 526. The molecule has 1 heterocycles. The van der Waals surface area contributed by atoms with Crippen LogP contribution in [0.15, 0.2) is 23.2 Å². The van der Waals surface area contributed by atoms with Gasteiger partial charge < -0.3 is 5.73 Å². The molecule has 0 radical (unpaired) electrons. The molecule has 106 valence electrons. The van der Waals surface area contributed by atoms with Crippen molar-refractivity contribution < 1.29 is 8.42 Å². The highest BCUT2D eigenvalue weighted by molar-refractivity contribution is 7.89. The van der Waals surface area contributed by atoms with Gasteiger partial charge in [-0.05, 0) is 30.9 Å². The molecule has 1 aromatic heterocycles. The molecule has 5 nitrogen and oxygen atoms in total. The molecule has 6 heteroatoms. The molecule has 0 bridgehead atoms. The van der Waals surface area contributed by atoms with Crippen LogP contribution < -0.4 is 5.73 Å². The Hall–Kier alpha value is -0.980. The third-order valence-corrected chi connectivity index (χ3v) is 5.71. The van der Waals surface area contributed by atoms with E-state index >= 15 is 0 Å². The summed E-state index contributed by atoms with van der Waals surface area (Å²) in [5.74, 6) is 0.507. The van der Waals surface area contributed by atoms with E-state index in [-0.39, 0.29) is 11.4 Å². The van der Waals surface area contributed by atoms with Crippen molar-refractivity contribution in [2.75, 3.05) is 13.1 Å². The zero-order valence-corrected chi connectivity index (χ0v) is 12.1. The molecule has 0 spiro atoms. The topological polar surface area (TPSA) is 76.3 Å². The summed E-state index contributed by atoms with van der Waals surface area (Å²) < 4.78 is 26.8. The molecular weight excluding hydrogens is 262 g/mol. The quantitative estimate of drug-likeness (QED) is 0.855. The number of hydrogen-bond acceptors (Lipinski definition) is 4. The molecular formula is C13H21N3O2S. The van der Waals surface area contributed by atoms with Gasteiger partial charge in [0.15, 0.2) is 0 Å². The summed E-state index contributed by atoms with van der Waals surface area (Å²) >= 11 is 0. The van der Waals surface area contributed by atoms with Gasteiger partial charge in [-0.3, -0.25) is 4.98 Å². The molecule has 0 aromatic carbocycles. The van der Waals surface area contributed by atoms with Crippen molar-refractivity contribution in [3.8, 4) is 0 Å². The number of nitrogens with two attached hydrogens (primary N) is 1. The van der Waals surface area contributed by atoms with Gasteiger partial charge in [0, 0.05) is 25.8 Å². The zero-order valence-electron chi connectivity index (χ0n) is 11.2. The summed E-state index contributed by atoms with van der Waals surface area (Å²) in [5, 5.41) is 0. The van der Waals surface area contributed by atoms with Gasteiger partial charge >= 0.3 is 0 Å². The average Bonchev–Trinajstić information content (AvgIpc) is 2.37. The Balaban J connectivity index is 2.28. The predicted octanol–water partition coefficient (Wildman–Crippen LogP) is 1.35. The second-order valence-corrected chi connectivity index (χ2v) is 6.81. The predicted molar refractivity (Wildman–Crippen MR) is 73.9 cm³/mol. The van der Waals surface area contributed by atoms with Crippen molar-refractivity contribution in [1.82, 2.24) is 9.29 Å². The van der Waals surface area contributed by atoms with Crippen LogP contribution in [0.25, 0.3) is 0 Å². The normalized spacial score (nSPS) is 16.6. The monoisotopic (exact) mass is 283 g/mol. The van der Waals surface area contributed by atoms with E-state index in [1.165, 1.54) is 6.42 Å². The van der Waals surface area contributed by atoms with Gasteiger partial charge in [0.05, 0.1) is 5.69 Å². The van der Waals surface area contributed by atoms with E-state index in [0.29, 0.717) is 24.7 Å². The SMILES string of the molecule is CCN(CC1CCC1)S(=O)(=O)c1cccnc1CN. The molecule has 0 amide bonds. The van der Waals surface area contributed by atoms with Crippen LogP contribution in [0.2, 0.25) is 0 Å². The van der Waals surface area contributed by atoms with E-state index in [4.69, 9.17) is 5.73 Å². The van der Waals surface area contributed by atoms with Crippen molar-refractivity contribution in [1.29, 1.82) is 0 Å². The van der Waals surface area contributed by atoms with E-state index in [1.807, 2.05) is 6.92 Å². The van der Waals surface area contributed by atoms with Gasteiger partial charge in [0.25, 0.3) is 0 Å². The highest BCUT2D eigenvalue weighted by Gasteiger charge is 2.30. The van der Waals surface area contributed by atoms with E-state index in [2.05, 4.69) is 4.98 Å². The maximum Gasteiger partial charge on any atom is 0.244 e. The minimum Gasteiger partial charge on any atom is -0.325 e. The van der Waals surface area contributed by atoms with Crippen molar-refractivity contribution in [2.45, 2.75) is 37.6 Å². The van der Waals surface area contributed by atoms with Gasteiger partial charge in [-0.25, -0.2) is 8.42 Å². The van der Waals surface area contributed by atoms with Gasteiger partial charge in [-0.1, -0.05) is 13.3 Å². The van der Waals surface area contributed by atoms with E-state index in [0.717, 1.165) is 12.8 Å². The molecule has 1 saturated carbocycles. The first-order valence-electron chi connectivity index (χ1n) is 6.73. The Morgan fingerprint density at radius 1 is 1.47 bits per heavy atom. The van der Waals surface area contributed by atoms with Crippen molar-refractivity contribution in [2.24, 2.45) is 11.7 Å². The summed E-state index contributed by atoms with van der Waals surface area (Å²) in [4.78, 5) is 4.31. The van der Waals surface area contributed by atoms with Gasteiger partial charge in [-0.15, -0.1) is 0 Å². The third kappa shape index (κ3) is 2.96. The van der Waals surface area contributed by atoms with Crippen LogP contribution in [-0.2, 0) is 16.6 Å². The van der Waals surface area contributed by atoms with E-state index in [1.54, 1.807) is 22.6 Å². The van der Waals surface area contributed by atoms with E-state index < -0.39 is 10.0 Å². The first kappa shape index (κ1) is 14.4. The van der Waals surface area contributed by atoms with Crippen LogP contribution in [0.4, 0.5) is 0 Å². The molecule has 2 N–H and O–H groups in total. The molecule has 0 saturated heterocycles. The minimum atomic E-state index is -3.47. The van der Waals surface area contributed by atoms with Crippen LogP contribution >= 0.6 is 0 Å². The standard InChI is InChI=1S/C13H21N3O2S/c1-2-16(10-11-5-3-6-11)19(17,18)13-7-4-8-15-12(13)9-14/h4,7-8,11H,2-3,5-6,9-10,14H2,1H3. The molecule has 0 aliphatic heterocycles. The number of pyridine rings is 1. The summed E-state index contributed by atoms with van der Waals surface area (Å²) in [6.45, 7) is 3.10. The molecule has 0 unspecified atom stereocenters. The molecule has 19 heavy (non-hydrogen) atoms. The fraction of sp³-hybridized carbons (Fsp3) is 0.615. The summed E-state index contributed by atoms with van der Waals surface area (Å²) in [6.07, 6.45) is 5.04. The highest BCUT2D eigenvalue weighted by Crippen LogP contribution is 2.29. The molecule has 1 aliphatic rings. The Kier molecular flexibility index (Phi) is 4.54. The van der Waals surface area contributed by atoms with E-state index in [9.17, 15) is 8.42 Å². The third-order valence-electron chi connectivity index (χ3n) is 3.70. The number of hydrogen-bond donors (Lipinski definition) is 1. The lowest BCUT2D eigenvalue weighted by Crippen LogP contribution is -2.37. The second kappa shape index (κ2) is 5.98. The summed E-state index contributed by atoms with van der Waals surface area (Å²) in [5.41, 5.74) is 6.02.